The van der Waals surface area contributed by atoms with Crippen molar-refractivity contribution >= 4 is 5.97 Å². The number of carbonyl (C=O) groups is 1. The molecule has 1 rings (SSSR count). The number of hydrogen-bond acceptors (Lipinski definition) is 3. The highest BCUT2D eigenvalue weighted by molar-refractivity contribution is 5.72. The first-order valence-electron chi connectivity index (χ1n) is 6.02. The molecule has 0 aliphatic carbocycles. The maximum atomic E-state index is 10.9. The summed E-state index contributed by atoms with van der Waals surface area (Å²) in [4.78, 5) is 12.7. The number of nitrogens with zero attached hydrogens (tertiary/aromatic N) is 1. The van der Waals surface area contributed by atoms with Gasteiger partial charge < -0.3 is 9.84 Å². The molecule has 0 spiro atoms. The number of benzene rings is 1. The van der Waals surface area contributed by atoms with Gasteiger partial charge in [-0.05, 0) is 38.9 Å². The summed E-state index contributed by atoms with van der Waals surface area (Å²) >= 11 is 0. The van der Waals surface area contributed by atoms with Gasteiger partial charge in [0.25, 0.3) is 0 Å². The summed E-state index contributed by atoms with van der Waals surface area (Å²) in [6, 6.07) is 5.57. The van der Waals surface area contributed by atoms with Crippen molar-refractivity contribution in [1.82, 2.24) is 4.90 Å². The van der Waals surface area contributed by atoms with E-state index in [9.17, 15) is 4.79 Å². The minimum atomic E-state index is -0.797. The Labute approximate surface area is 108 Å². The predicted molar refractivity (Wildman–Crippen MR) is 71.2 cm³/mol. The van der Waals surface area contributed by atoms with Crippen LogP contribution in [0.1, 0.15) is 18.1 Å². The van der Waals surface area contributed by atoms with Crippen LogP contribution in [0.3, 0.4) is 0 Å². The van der Waals surface area contributed by atoms with Gasteiger partial charge in [-0.1, -0.05) is 17.7 Å². The molecule has 1 unspecified atom stereocenters. The Bertz CT molecular complexity index is 418. The number of aliphatic carboxylic acids is 1. The normalized spacial score (nSPS) is 12.5. The van der Waals surface area contributed by atoms with Gasteiger partial charge in [-0.15, -0.1) is 0 Å². The lowest BCUT2D eigenvalue weighted by Gasteiger charge is -2.21. The summed E-state index contributed by atoms with van der Waals surface area (Å²) < 4.78 is 5.31. The number of hydrogen-bond donors (Lipinski definition) is 1. The van der Waals surface area contributed by atoms with E-state index in [2.05, 4.69) is 6.07 Å². The van der Waals surface area contributed by atoms with Crippen LogP contribution in [-0.2, 0) is 11.2 Å². The molecule has 0 aromatic heterocycles. The molecule has 0 saturated heterocycles. The van der Waals surface area contributed by atoms with Crippen LogP contribution in [0.15, 0.2) is 18.2 Å². The molecule has 0 amide bonds. The smallest absolute Gasteiger partial charge is 0.320 e. The standard InChI is InChI=1S/C14H21NO3/c1-10-5-6-13(18-4)12(9-10)7-8-15(3)11(2)14(16)17/h5-6,9,11H,7-8H2,1-4H3,(H,16,17). The van der Waals surface area contributed by atoms with Crippen LogP contribution in [0.5, 0.6) is 5.75 Å². The Kier molecular flexibility index (Phi) is 5.16. The second kappa shape index (κ2) is 6.40. The number of aryl methyl sites for hydroxylation is 1. The molecule has 1 aromatic carbocycles. The molecule has 0 aliphatic heterocycles. The summed E-state index contributed by atoms with van der Waals surface area (Å²) in [6.07, 6.45) is 0.777. The molecule has 4 heteroatoms. The molecule has 4 nitrogen and oxygen atoms in total. The number of carboxylic acid groups (broad SMARTS) is 1. The molecule has 0 fully saturated rings. The number of rotatable bonds is 6. The van der Waals surface area contributed by atoms with E-state index >= 15 is 0 Å². The summed E-state index contributed by atoms with van der Waals surface area (Å²) in [6.45, 7) is 4.41. The topological polar surface area (TPSA) is 49.8 Å². The molecule has 1 atom stereocenters. The first-order valence-corrected chi connectivity index (χ1v) is 6.02. The van der Waals surface area contributed by atoms with Crippen LogP contribution in [0.2, 0.25) is 0 Å². The van der Waals surface area contributed by atoms with Crippen molar-refractivity contribution in [2.75, 3.05) is 20.7 Å². The highest BCUT2D eigenvalue weighted by Gasteiger charge is 2.16. The van der Waals surface area contributed by atoms with Crippen molar-refractivity contribution in [1.29, 1.82) is 0 Å². The number of methoxy groups -OCH3 is 1. The lowest BCUT2D eigenvalue weighted by atomic mass is 10.1. The van der Waals surface area contributed by atoms with Crippen LogP contribution in [-0.4, -0.2) is 42.7 Å². The third-order valence-corrected chi connectivity index (χ3v) is 3.19. The lowest BCUT2D eigenvalue weighted by Crippen LogP contribution is -2.37. The lowest BCUT2D eigenvalue weighted by molar-refractivity contribution is -0.142. The summed E-state index contributed by atoms with van der Waals surface area (Å²) in [7, 11) is 3.47. The van der Waals surface area contributed by atoms with Gasteiger partial charge in [0.05, 0.1) is 7.11 Å². The van der Waals surface area contributed by atoms with Gasteiger partial charge in [0.1, 0.15) is 11.8 Å². The number of carboxylic acids is 1. The van der Waals surface area contributed by atoms with Gasteiger partial charge in [-0.2, -0.15) is 0 Å². The number of likely N-dealkylation sites (N-methyl/N-ethyl adjacent to an activating group) is 1. The Balaban J connectivity index is 2.68. The van der Waals surface area contributed by atoms with E-state index in [1.54, 1.807) is 14.0 Å². The maximum Gasteiger partial charge on any atom is 0.320 e. The molecular formula is C14H21NO3. The average molecular weight is 251 g/mol. The SMILES string of the molecule is COc1ccc(C)cc1CCN(C)C(C)C(=O)O. The van der Waals surface area contributed by atoms with E-state index in [1.807, 2.05) is 31.0 Å². The van der Waals surface area contributed by atoms with Gasteiger partial charge in [0, 0.05) is 6.54 Å². The fourth-order valence-electron chi connectivity index (χ4n) is 1.78. The molecule has 0 aliphatic rings. The van der Waals surface area contributed by atoms with E-state index in [-0.39, 0.29) is 0 Å². The van der Waals surface area contributed by atoms with Crippen molar-refractivity contribution in [2.24, 2.45) is 0 Å². The largest absolute Gasteiger partial charge is 0.496 e. The van der Waals surface area contributed by atoms with Crippen molar-refractivity contribution in [3.63, 3.8) is 0 Å². The summed E-state index contributed by atoms with van der Waals surface area (Å²) in [5, 5.41) is 8.93. The zero-order chi connectivity index (χ0) is 13.7. The van der Waals surface area contributed by atoms with Crippen molar-refractivity contribution in [2.45, 2.75) is 26.3 Å². The van der Waals surface area contributed by atoms with E-state index in [1.165, 1.54) is 5.56 Å². The Morgan fingerprint density at radius 1 is 1.50 bits per heavy atom. The number of ether oxygens (including phenoxy) is 1. The molecule has 18 heavy (non-hydrogen) atoms. The first-order chi connectivity index (χ1) is 8.45. The molecule has 1 N–H and O–H groups in total. The van der Waals surface area contributed by atoms with Gasteiger partial charge in [-0.25, -0.2) is 0 Å². The van der Waals surface area contributed by atoms with Crippen LogP contribution in [0.25, 0.3) is 0 Å². The highest BCUT2D eigenvalue weighted by Crippen LogP contribution is 2.20. The molecule has 0 bridgehead atoms. The molecule has 1 aromatic rings. The van der Waals surface area contributed by atoms with Gasteiger partial charge >= 0.3 is 5.97 Å². The van der Waals surface area contributed by atoms with E-state index < -0.39 is 12.0 Å². The van der Waals surface area contributed by atoms with Crippen LogP contribution < -0.4 is 4.74 Å². The van der Waals surface area contributed by atoms with E-state index in [0.29, 0.717) is 6.54 Å². The second-order valence-electron chi connectivity index (χ2n) is 4.56. The van der Waals surface area contributed by atoms with Crippen molar-refractivity contribution in [3.05, 3.63) is 29.3 Å². The molecule has 100 valence electrons. The van der Waals surface area contributed by atoms with Crippen LogP contribution in [0.4, 0.5) is 0 Å². The predicted octanol–water partition coefficient (Wildman–Crippen LogP) is 1.95. The molecule has 0 heterocycles. The minimum absolute atomic E-state index is 0.471. The van der Waals surface area contributed by atoms with Gasteiger partial charge in [0.15, 0.2) is 0 Å². The summed E-state index contributed by atoms with van der Waals surface area (Å²) in [5.74, 6) is 0.0608. The second-order valence-corrected chi connectivity index (χ2v) is 4.56. The summed E-state index contributed by atoms with van der Waals surface area (Å²) in [5.41, 5.74) is 2.29. The quantitative estimate of drug-likeness (QED) is 0.839. The van der Waals surface area contributed by atoms with E-state index in [4.69, 9.17) is 9.84 Å². The van der Waals surface area contributed by atoms with Crippen molar-refractivity contribution in [3.8, 4) is 5.75 Å². The Morgan fingerprint density at radius 3 is 2.72 bits per heavy atom. The maximum absolute atomic E-state index is 10.9. The van der Waals surface area contributed by atoms with Crippen molar-refractivity contribution < 1.29 is 14.6 Å². The Morgan fingerprint density at radius 2 is 2.17 bits per heavy atom. The average Bonchev–Trinajstić information content (AvgIpc) is 2.35. The third kappa shape index (κ3) is 3.74. The monoisotopic (exact) mass is 251 g/mol. The molecule has 0 saturated carbocycles. The molecular weight excluding hydrogens is 230 g/mol. The fraction of sp³-hybridized carbons (Fsp3) is 0.500. The minimum Gasteiger partial charge on any atom is -0.496 e. The highest BCUT2D eigenvalue weighted by atomic mass is 16.5. The molecule has 0 radical (unpaired) electrons. The zero-order valence-electron chi connectivity index (χ0n) is 11.4. The fourth-order valence-corrected chi connectivity index (χ4v) is 1.78. The zero-order valence-corrected chi connectivity index (χ0v) is 11.4. The van der Waals surface area contributed by atoms with Crippen LogP contribution >= 0.6 is 0 Å². The van der Waals surface area contributed by atoms with E-state index in [0.717, 1.165) is 17.7 Å². The van der Waals surface area contributed by atoms with Gasteiger partial charge in [0.2, 0.25) is 0 Å². The third-order valence-electron chi connectivity index (χ3n) is 3.19. The van der Waals surface area contributed by atoms with Gasteiger partial charge in [-0.3, -0.25) is 9.69 Å². The van der Waals surface area contributed by atoms with Crippen LogP contribution in [0, 0.1) is 6.92 Å². The Hall–Kier alpha value is -1.55. The first kappa shape index (κ1) is 14.5.